The van der Waals surface area contributed by atoms with Gasteiger partial charge in [-0.3, -0.25) is 9.48 Å². The molecule has 1 atom stereocenters. The normalized spacial score (nSPS) is 13.2. The summed E-state index contributed by atoms with van der Waals surface area (Å²) in [5.41, 5.74) is 0.415. The molecule has 18 heavy (non-hydrogen) atoms. The van der Waals surface area contributed by atoms with Crippen LogP contribution in [0.3, 0.4) is 0 Å². The van der Waals surface area contributed by atoms with Crippen molar-refractivity contribution < 1.29 is 14.7 Å². The number of nitrogens with one attached hydrogen (secondary N) is 1. The van der Waals surface area contributed by atoms with Gasteiger partial charge in [0.1, 0.15) is 6.04 Å². The monoisotopic (exact) mass is 253 g/mol. The van der Waals surface area contributed by atoms with Gasteiger partial charge in [0.05, 0.1) is 11.3 Å². The third-order valence-corrected chi connectivity index (χ3v) is 2.65. The molecule has 0 aliphatic heterocycles. The first kappa shape index (κ1) is 14.2. The van der Waals surface area contributed by atoms with E-state index < -0.39 is 23.3 Å². The van der Waals surface area contributed by atoms with E-state index in [1.807, 2.05) is 0 Å². The molecule has 100 valence electrons. The number of nitrogens with zero attached hydrogens (tertiary/aromatic N) is 2. The van der Waals surface area contributed by atoms with Gasteiger partial charge in [0, 0.05) is 13.2 Å². The van der Waals surface area contributed by atoms with E-state index in [4.69, 9.17) is 5.11 Å². The van der Waals surface area contributed by atoms with Crippen molar-refractivity contribution >= 4 is 11.9 Å². The fourth-order valence-electron chi connectivity index (χ4n) is 1.68. The molecule has 0 aliphatic rings. The average Bonchev–Trinajstić information content (AvgIpc) is 2.51. The average molecular weight is 253 g/mol. The van der Waals surface area contributed by atoms with Gasteiger partial charge < -0.3 is 10.4 Å². The maximum atomic E-state index is 12.0. The Morgan fingerprint density at radius 1 is 1.44 bits per heavy atom. The molecule has 1 amide bonds. The minimum absolute atomic E-state index is 0.396. The van der Waals surface area contributed by atoms with Gasteiger partial charge in [0.15, 0.2) is 0 Å². The molecule has 0 aliphatic carbocycles. The summed E-state index contributed by atoms with van der Waals surface area (Å²) in [5.74, 6) is -1.46. The number of aliphatic carboxylic acids is 1. The number of rotatable bonds is 3. The minimum Gasteiger partial charge on any atom is -0.480 e. The van der Waals surface area contributed by atoms with Crippen molar-refractivity contribution in [1.29, 1.82) is 0 Å². The van der Waals surface area contributed by atoms with E-state index in [2.05, 4.69) is 10.4 Å². The SMILES string of the molecule is Cc1nn(C)cc1C(=O)NC(C(=O)O)C(C)(C)C. The fourth-order valence-corrected chi connectivity index (χ4v) is 1.68. The molecular weight excluding hydrogens is 234 g/mol. The minimum atomic E-state index is -1.04. The number of hydrogen-bond donors (Lipinski definition) is 2. The van der Waals surface area contributed by atoms with E-state index in [0.717, 1.165) is 0 Å². The first-order valence-corrected chi connectivity index (χ1v) is 5.67. The Hall–Kier alpha value is -1.85. The second-order valence-electron chi connectivity index (χ2n) is 5.41. The largest absolute Gasteiger partial charge is 0.480 e. The van der Waals surface area contributed by atoms with Crippen molar-refractivity contribution in [2.75, 3.05) is 0 Å². The zero-order chi connectivity index (χ0) is 14.1. The van der Waals surface area contributed by atoms with Gasteiger partial charge in [0.25, 0.3) is 5.91 Å². The Balaban J connectivity index is 2.93. The van der Waals surface area contributed by atoms with Crippen molar-refractivity contribution in [2.24, 2.45) is 12.5 Å². The number of hydrogen-bond acceptors (Lipinski definition) is 3. The lowest BCUT2D eigenvalue weighted by Gasteiger charge is -2.27. The highest BCUT2D eigenvalue weighted by molar-refractivity contribution is 5.97. The molecule has 1 unspecified atom stereocenters. The predicted octanol–water partition coefficient (Wildman–Crippen LogP) is 0.958. The maximum absolute atomic E-state index is 12.0. The third kappa shape index (κ3) is 3.09. The summed E-state index contributed by atoms with van der Waals surface area (Å²) >= 11 is 0. The van der Waals surface area contributed by atoms with Crippen LogP contribution in [0.25, 0.3) is 0 Å². The molecule has 1 rings (SSSR count). The molecular formula is C12H19N3O3. The van der Waals surface area contributed by atoms with E-state index in [1.54, 1.807) is 40.9 Å². The van der Waals surface area contributed by atoms with Crippen LogP contribution in [0.1, 0.15) is 36.8 Å². The third-order valence-electron chi connectivity index (χ3n) is 2.65. The predicted molar refractivity (Wildman–Crippen MR) is 66.3 cm³/mol. The molecule has 1 aromatic rings. The molecule has 6 nitrogen and oxygen atoms in total. The standard InChI is InChI=1S/C12H19N3O3/c1-7-8(6-15(5)14-7)10(16)13-9(11(17)18)12(2,3)4/h6,9H,1-5H3,(H,13,16)(H,17,18). The second-order valence-corrected chi connectivity index (χ2v) is 5.41. The van der Waals surface area contributed by atoms with Gasteiger partial charge in [-0.15, -0.1) is 0 Å². The van der Waals surface area contributed by atoms with Crippen LogP contribution in [-0.4, -0.2) is 32.8 Å². The molecule has 6 heteroatoms. The molecule has 1 heterocycles. The van der Waals surface area contributed by atoms with E-state index in [-0.39, 0.29) is 0 Å². The zero-order valence-corrected chi connectivity index (χ0v) is 11.3. The zero-order valence-electron chi connectivity index (χ0n) is 11.3. The summed E-state index contributed by atoms with van der Waals surface area (Å²) in [6.07, 6.45) is 1.58. The smallest absolute Gasteiger partial charge is 0.326 e. The van der Waals surface area contributed by atoms with E-state index in [0.29, 0.717) is 11.3 Å². The highest BCUT2D eigenvalue weighted by Crippen LogP contribution is 2.20. The maximum Gasteiger partial charge on any atom is 0.326 e. The molecule has 0 aromatic carbocycles. The van der Waals surface area contributed by atoms with Gasteiger partial charge in [0.2, 0.25) is 0 Å². The lowest BCUT2D eigenvalue weighted by Crippen LogP contribution is -2.49. The van der Waals surface area contributed by atoms with Crippen molar-refractivity contribution in [3.05, 3.63) is 17.5 Å². The van der Waals surface area contributed by atoms with E-state index in [9.17, 15) is 9.59 Å². The van der Waals surface area contributed by atoms with Gasteiger partial charge in [-0.1, -0.05) is 20.8 Å². The first-order chi connectivity index (χ1) is 8.12. The highest BCUT2D eigenvalue weighted by Gasteiger charge is 2.33. The molecule has 0 spiro atoms. The lowest BCUT2D eigenvalue weighted by molar-refractivity contribution is -0.142. The number of aromatic nitrogens is 2. The summed E-state index contributed by atoms with van der Waals surface area (Å²) in [6, 6.07) is -0.940. The summed E-state index contributed by atoms with van der Waals surface area (Å²) in [6.45, 7) is 7.01. The Bertz CT molecular complexity index is 471. The topological polar surface area (TPSA) is 84.2 Å². The van der Waals surface area contributed by atoms with Crippen LogP contribution in [-0.2, 0) is 11.8 Å². The Labute approximate surface area is 106 Å². The number of carbonyl (C=O) groups is 2. The van der Waals surface area contributed by atoms with Gasteiger partial charge in [-0.05, 0) is 12.3 Å². The molecule has 2 N–H and O–H groups in total. The number of carbonyl (C=O) groups excluding carboxylic acids is 1. The van der Waals surface area contributed by atoms with Crippen LogP contribution in [0, 0.1) is 12.3 Å². The van der Waals surface area contributed by atoms with Gasteiger partial charge in [-0.25, -0.2) is 4.79 Å². The summed E-state index contributed by atoms with van der Waals surface area (Å²) in [5, 5.41) is 15.7. The van der Waals surface area contributed by atoms with Crippen molar-refractivity contribution in [1.82, 2.24) is 15.1 Å². The molecule has 1 aromatic heterocycles. The van der Waals surface area contributed by atoms with Crippen LogP contribution < -0.4 is 5.32 Å². The molecule has 0 fully saturated rings. The Morgan fingerprint density at radius 2 is 2.00 bits per heavy atom. The van der Waals surface area contributed by atoms with Crippen LogP contribution in [0.5, 0.6) is 0 Å². The van der Waals surface area contributed by atoms with E-state index in [1.165, 1.54) is 4.68 Å². The van der Waals surface area contributed by atoms with Crippen molar-refractivity contribution in [3.63, 3.8) is 0 Å². The number of carboxylic acids is 1. The van der Waals surface area contributed by atoms with Crippen LogP contribution in [0.15, 0.2) is 6.20 Å². The molecule has 0 bridgehead atoms. The fraction of sp³-hybridized carbons (Fsp3) is 0.583. The van der Waals surface area contributed by atoms with Crippen LogP contribution in [0.4, 0.5) is 0 Å². The summed E-state index contributed by atoms with van der Waals surface area (Å²) in [4.78, 5) is 23.2. The van der Waals surface area contributed by atoms with Gasteiger partial charge in [-0.2, -0.15) is 5.10 Å². The molecule has 0 saturated heterocycles. The van der Waals surface area contributed by atoms with Crippen molar-refractivity contribution in [3.8, 4) is 0 Å². The quantitative estimate of drug-likeness (QED) is 0.840. The van der Waals surface area contributed by atoms with E-state index >= 15 is 0 Å². The van der Waals surface area contributed by atoms with Gasteiger partial charge >= 0.3 is 5.97 Å². The summed E-state index contributed by atoms with van der Waals surface area (Å²) < 4.78 is 1.52. The second kappa shape index (κ2) is 4.80. The molecule has 0 radical (unpaired) electrons. The highest BCUT2D eigenvalue weighted by atomic mass is 16.4. The van der Waals surface area contributed by atoms with Crippen molar-refractivity contribution in [2.45, 2.75) is 33.7 Å². The number of aryl methyl sites for hydroxylation is 2. The summed E-state index contributed by atoms with van der Waals surface area (Å²) in [7, 11) is 1.71. The van der Waals surface area contributed by atoms with Crippen LogP contribution >= 0.6 is 0 Å². The number of amides is 1. The Morgan fingerprint density at radius 3 is 2.33 bits per heavy atom. The first-order valence-electron chi connectivity index (χ1n) is 5.67. The molecule has 0 saturated carbocycles. The lowest BCUT2D eigenvalue weighted by atomic mass is 9.86. The number of carboxylic acid groups (broad SMARTS) is 1. The van der Waals surface area contributed by atoms with Crippen LogP contribution in [0.2, 0.25) is 0 Å². The Kier molecular flexibility index (Phi) is 3.79.